The van der Waals surface area contributed by atoms with Crippen LogP contribution >= 0.6 is 24.0 Å². The molecule has 1 atom stereocenters. The number of ether oxygens (including phenoxy) is 1. The molecule has 2 rings (SSSR count). The predicted octanol–water partition coefficient (Wildman–Crippen LogP) is 3.24. The van der Waals surface area contributed by atoms with Crippen LogP contribution in [0.15, 0.2) is 29.3 Å². The molecule has 2 N–H and O–H groups in total. The van der Waals surface area contributed by atoms with Crippen molar-refractivity contribution in [2.45, 2.75) is 45.7 Å². The summed E-state index contributed by atoms with van der Waals surface area (Å²) in [6.45, 7) is 9.12. The fourth-order valence-electron chi connectivity index (χ4n) is 3.26. The molecule has 0 bridgehead atoms. The van der Waals surface area contributed by atoms with E-state index in [9.17, 15) is 0 Å². The molecule has 0 aliphatic carbocycles. The van der Waals surface area contributed by atoms with Crippen LogP contribution in [0.5, 0.6) is 5.75 Å². The maximum absolute atomic E-state index is 5.40. The zero-order valence-corrected chi connectivity index (χ0v) is 18.1. The van der Waals surface area contributed by atoms with Gasteiger partial charge in [-0.15, -0.1) is 24.0 Å². The number of likely N-dealkylation sites (tertiary alicyclic amines) is 1. The minimum Gasteiger partial charge on any atom is -0.496 e. The van der Waals surface area contributed by atoms with Crippen LogP contribution in [0.2, 0.25) is 0 Å². The number of aliphatic imine (C=N–C) groups is 1. The van der Waals surface area contributed by atoms with E-state index in [4.69, 9.17) is 9.73 Å². The van der Waals surface area contributed by atoms with E-state index < -0.39 is 0 Å². The summed E-state index contributed by atoms with van der Waals surface area (Å²) in [5.74, 6) is 1.77. The van der Waals surface area contributed by atoms with Gasteiger partial charge in [0.25, 0.3) is 0 Å². The SMILES string of the molecule is CCNC(=NCc1ccccc1OC)NCC1CCCCN1CC.I. The van der Waals surface area contributed by atoms with Gasteiger partial charge in [-0.05, 0) is 38.9 Å². The Balaban J connectivity index is 0.00000312. The molecule has 0 amide bonds. The van der Waals surface area contributed by atoms with Crippen LogP contribution in [0.4, 0.5) is 0 Å². The van der Waals surface area contributed by atoms with Crippen molar-refractivity contribution < 1.29 is 4.74 Å². The molecule has 1 fully saturated rings. The minimum absolute atomic E-state index is 0. The molecule has 1 unspecified atom stereocenters. The van der Waals surface area contributed by atoms with Crippen molar-refractivity contribution in [3.8, 4) is 5.75 Å². The summed E-state index contributed by atoms with van der Waals surface area (Å²) in [6, 6.07) is 8.66. The normalized spacial score (nSPS) is 18.4. The number of para-hydroxylation sites is 1. The van der Waals surface area contributed by atoms with Crippen molar-refractivity contribution in [2.24, 2.45) is 4.99 Å². The molecular formula is C19H33IN4O. The lowest BCUT2D eigenvalue weighted by atomic mass is 10.0. The van der Waals surface area contributed by atoms with Crippen LogP contribution in [0.3, 0.4) is 0 Å². The number of rotatable bonds is 7. The van der Waals surface area contributed by atoms with Gasteiger partial charge in [0.05, 0.1) is 13.7 Å². The maximum atomic E-state index is 5.40. The van der Waals surface area contributed by atoms with Crippen molar-refractivity contribution in [2.75, 3.05) is 33.3 Å². The molecule has 0 aromatic heterocycles. The lowest BCUT2D eigenvalue weighted by Gasteiger charge is -2.35. The van der Waals surface area contributed by atoms with E-state index in [1.54, 1.807) is 7.11 Å². The number of nitrogens with one attached hydrogen (secondary N) is 2. The zero-order valence-electron chi connectivity index (χ0n) is 15.8. The summed E-state index contributed by atoms with van der Waals surface area (Å²) in [7, 11) is 1.70. The van der Waals surface area contributed by atoms with Crippen LogP contribution in [0.1, 0.15) is 38.7 Å². The van der Waals surface area contributed by atoms with E-state index in [0.717, 1.165) is 36.9 Å². The van der Waals surface area contributed by atoms with Gasteiger partial charge in [0.15, 0.2) is 5.96 Å². The molecule has 1 aliphatic rings. The summed E-state index contributed by atoms with van der Waals surface area (Å²) in [5.41, 5.74) is 1.10. The van der Waals surface area contributed by atoms with Crippen LogP contribution in [-0.4, -0.2) is 50.2 Å². The molecule has 0 saturated carbocycles. The fourth-order valence-corrected chi connectivity index (χ4v) is 3.26. The number of nitrogens with zero attached hydrogens (tertiary/aromatic N) is 2. The maximum Gasteiger partial charge on any atom is 0.191 e. The minimum atomic E-state index is 0. The first-order valence-corrected chi connectivity index (χ1v) is 9.16. The Bertz CT molecular complexity index is 524. The second-order valence-electron chi connectivity index (χ2n) is 6.17. The Hall–Kier alpha value is -1.02. The van der Waals surface area contributed by atoms with Gasteiger partial charge in [-0.2, -0.15) is 0 Å². The van der Waals surface area contributed by atoms with Gasteiger partial charge in [0, 0.05) is 24.7 Å². The third-order valence-corrected chi connectivity index (χ3v) is 4.60. The van der Waals surface area contributed by atoms with E-state index >= 15 is 0 Å². The monoisotopic (exact) mass is 460 g/mol. The third-order valence-electron chi connectivity index (χ3n) is 4.60. The van der Waals surface area contributed by atoms with Gasteiger partial charge in [-0.3, -0.25) is 4.90 Å². The molecular weight excluding hydrogens is 427 g/mol. The third kappa shape index (κ3) is 7.01. The molecule has 0 spiro atoms. The highest BCUT2D eigenvalue weighted by molar-refractivity contribution is 14.0. The number of piperidine rings is 1. The average Bonchev–Trinajstić information content (AvgIpc) is 2.64. The molecule has 0 radical (unpaired) electrons. The Morgan fingerprint density at radius 3 is 2.76 bits per heavy atom. The molecule has 1 aliphatic heterocycles. The summed E-state index contributed by atoms with van der Waals surface area (Å²) in [5, 5.41) is 6.86. The molecule has 1 saturated heterocycles. The number of hydrogen-bond acceptors (Lipinski definition) is 3. The zero-order chi connectivity index (χ0) is 17.2. The van der Waals surface area contributed by atoms with Gasteiger partial charge in [-0.25, -0.2) is 4.99 Å². The number of likely N-dealkylation sites (N-methyl/N-ethyl adjacent to an activating group) is 1. The van der Waals surface area contributed by atoms with E-state index in [1.807, 2.05) is 18.2 Å². The highest BCUT2D eigenvalue weighted by atomic mass is 127. The van der Waals surface area contributed by atoms with E-state index in [0.29, 0.717) is 12.6 Å². The first-order valence-electron chi connectivity index (χ1n) is 9.16. The largest absolute Gasteiger partial charge is 0.496 e. The van der Waals surface area contributed by atoms with Crippen molar-refractivity contribution in [3.05, 3.63) is 29.8 Å². The van der Waals surface area contributed by atoms with Gasteiger partial charge in [0.1, 0.15) is 5.75 Å². The lowest BCUT2D eigenvalue weighted by Crippen LogP contribution is -2.49. The van der Waals surface area contributed by atoms with Gasteiger partial charge in [-0.1, -0.05) is 31.5 Å². The summed E-state index contributed by atoms with van der Waals surface area (Å²) in [6.07, 6.45) is 3.93. The quantitative estimate of drug-likeness (QED) is 0.373. The highest BCUT2D eigenvalue weighted by Gasteiger charge is 2.20. The second kappa shape index (κ2) is 12.4. The number of methoxy groups -OCH3 is 1. The van der Waals surface area contributed by atoms with Crippen molar-refractivity contribution in [1.82, 2.24) is 15.5 Å². The Morgan fingerprint density at radius 2 is 2.04 bits per heavy atom. The molecule has 142 valence electrons. The smallest absolute Gasteiger partial charge is 0.191 e. The Kier molecular flexibility index (Phi) is 10.9. The van der Waals surface area contributed by atoms with Gasteiger partial charge < -0.3 is 15.4 Å². The Morgan fingerprint density at radius 1 is 1.24 bits per heavy atom. The lowest BCUT2D eigenvalue weighted by molar-refractivity contribution is 0.157. The fraction of sp³-hybridized carbons (Fsp3) is 0.632. The second-order valence-corrected chi connectivity index (χ2v) is 6.17. The van der Waals surface area contributed by atoms with Gasteiger partial charge in [0.2, 0.25) is 0 Å². The number of hydrogen-bond donors (Lipinski definition) is 2. The highest BCUT2D eigenvalue weighted by Crippen LogP contribution is 2.18. The molecule has 1 aromatic rings. The van der Waals surface area contributed by atoms with Crippen LogP contribution < -0.4 is 15.4 Å². The van der Waals surface area contributed by atoms with Crippen molar-refractivity contribution in [1.29, 1.82) is 0 Å². The van der Waals surface area contributed by atoms with Crippen molar-refractivity contribution >= 4 is 29.9 Å². The Labute approximate surface area is 169 Å². The topological polar surface area (TPSA) is 48.9 Å². The first-order chi connectivity index (χ1) is 11.8. The molecule has 6 heteroatoms. The van der Waals surface area contributed by atoms with E-state index in [2.05, 4.69) is 35.4 Å². The van der Waals surface area contributed by atoms with Gasteiger partial charge >= 0.3 is 0 Å². The van der Waals surface area contributed by atoms with Crippen LogP contribution in [0, 0.1) is 0 Å². The molecule has 1 aromatic carbocycles. The molecule has 25 heavy (non-hydrogen) atoms. The standard InChI is InChI=1S/C19H32N4O.HI/c1-4-20-19(21-14-16-10-6-7-12-18(16)24-3)22-15-17-11-8-9-13-23(17)5-2;/h6-7,10,12,17H,4-5,8-9,11,13-15H2,1-3H3,(H2,20,21,22);1H. The summed E-state index contributed by atoms with van der Waals surface area (Å²) in [4.78, 5) is 7.29. The van der Waals surface area contributed by atoms with Crippen LogP contribution in [-0.2, 0) is 6.54 Å². The molecule has 1 heterocycles. The molecule has 5 nitrogen and oxygen atoms in total. The van der Waals surface area contributed by atoms with Crippen molar-refractivity contribution in [3.63, 3.8) is 0 Å². The number of halogens is 1. The first kappa shape index (κ1) is 22.0. The summed E-state index contributed by atoms with van der Waals surface area (Å²) >= 11 is 0. The van der Waals surface area contributed by atoms with E-state index in [1.165, 1.54) is 25.8 Å². The average molecular weight is 460 g/mol. The van der Waals surface area contributed by atoms with E-state index in [-0.39, 0.29) is 24.0 Å². The number of guanidine groups is 1. The predicted molar refractivity (Wildman–Crippen MR) is 116 cm³/mol. The van der Waals surface area contributed by atoms with Crippen LogP contribution in [0.25, 0.3) is 0 Å². The summed E-state index contributed by atoms with van der Waals surface area (Å²) < 4.78 is 5.40. The number of benzene rings is 1.